The van der Waals surface area contributed by atoms with Crippen LogP contribution in [-0.2, 0) is 9.47 Å². The summed E-state index contributed by atoms with van der Waals surface area (Å²) in [5.74, 6) is 0.674. The van der Waals surface area contributed by atoms with Gasteiger partial charge in [-0.25, -0.2) is 9.97 Å². The molecule has 0 bridgehead atoms. The summed E-state index contributed by atoms with van der Waals surface area (Å²) in [6.07, 6.45) is 1.58. The van der Waals surface area contributed by atoms with Crippen LogP contribution >= 0.6 is 11.6 Å². The van der Waals surface area contributed by atoms with E-state index < -0.39 is 0 Å². The van der Waals surface area contributed by atoms with Crippen molar-refractivity contribution in [2.45, 2.75) is 6.10 Å². The van der Waals surface area contributed by atoms with E-state index in [9.17, 15) is 0 Å². The van der Waals surface area contributed by atoms with Crippen LogP contribution in [0.1, 0.15) is 0 Å². The van der Waals surface area contributed by atoms with Crippen LogP contribution in [0.15, 0.2) is 12.3 Å². The number of anilines is 1. The molecule has 1 aromatic heterocycles. The summed E-state index contributed by atoms with van der Waals surface area (Å²) in [5, 5.41) is 3.30. The summed E-state index contributed by atoms with van der Waals surface area (Å²) >= 11 is 5.64. The lowest BCUT2D eigenvalue weighted by Crippen LogP contribution is -2.26. The Balaban J connectivity index is 2.41. The standard InChI is InChI=1S/C9H14ClN3O2/c1-14-6-7(15-2)5-12-8-3-4-11-9(10)13-8/h3-4,7H,5-6H2,1-2H3,(H,11,12,13). The lowest BCUT2D eigenvalue weighted by molar-refractivity contribution is 0.0365. The Morgan fingerprint density at radius 2 is 2.33 bits per heavy atom. The van der Waals surface area contributed by atoms with E-state index >= 15 is 0 Å². The molecule has 1 unspecified atom stereocenters. The van der Waals surface area contributed by atoms with Gasteiger partial charge in [-0.05, 0) is 17.7 Å². The fourth-order valence-corrected chi connectivity index (χ4v) is 1.20. The molecule has 0 saturated carbocycles. The van der Waals surface area contributed by atoms with E-state index in [4.69, 9.17) is 21.1 Å². The Morgan fingerprint density at radius 1 is 1.53 bits per heavy atom. The zero-order valence-corrected chi connectivity index (χ0v) is 9.49. The number of ether oxygens (including phenoxy) is 2. The Kier molecular flexibility index (Phi) is 5.31. The molecule has 1 heterocycles. The summed E-state index contributed by atoms with van der Waals surface area (Å²) in [7, 11) is 3.27. The summed E-state index contributed by atoms with van der Waals surface area (Å²) in [5.41, 5.74) is 0. The monoisotopic (exact) mass is 231 g/mol. The largest absolute Gasteiger partial charge is 0.382 e. The van der Waals surface area contributed by atoms with Crippen LogP contribution in [0.2, 0.25) is 5.28 Å². The SMILES string of the molecule is COCC(CNc1ccnc(Cl)n1)OC. The van der Waals surface area contributed by atoms with Gasteiger partial charge in [-0.1, -0.05) is 0 Å². The number of halogens is 1. The van der Waals surface area contributed by atoms with Gasteiger partial charge in [0.05, 0.1) is 12.7 Å². The van der Waals surface area contributed by atoms with Crippen molar-refractivity contribution in [3.05, 3.63) is 17.5 Å². The highest BCUT2D eigenvalue weighted by Crippen LogP contribution is 2.06. The second-order valence-corrected chi connectivity index (χ2v) is 3.24. The highest BCUT2D eigenvalue weighted by molar-refractivity contribution is 6.28. The van der Waals surface area contributed by atoms with Gasteiger partial charge in [0.25, 0.3) is 0 Å². The molecule has 0 aromatic carbocycles. The fraction of sp³-hybridized carbons (Fsp3) is 0.556. The Labute approximate surface area is 93.8 Å². The maximum atomic E-state index is 5.64. The van der Waals surface area contributed by atoms with Crippen LogP contribution < -0.4 is 5.32 Å². The van der Waals surface area contributed by atoms with Crippen LogP contribution in [0.3, 0.4) is 0 Å². The minimum absolute atomic E-state index is 0.0104. The minimum Gasteiger partial charge on any atom is -0.382 e. The minimum atomic E-state index is -0.0104. The summed E-state index contributed by atoms with van der Waals surface area (Å²) in [6.45, 7) is 1.14. The van der Waals surface area contributed by atoms with Gasteiger partial charge in [-0.3, -0.25) is 0 Å². The van der Waals surface area contributed by atoms with Crippen molar-refractivity contribution in [2.24, 2.45) is 0 Å². The molecule has 0 aliphatic rings. The predicted molar refractivity (Wildman–Crippen MR) is 58.2 cm³/mol. The lowest BCUT2D eigenvalue weighted by Gasteiger charge is -2.15. The van der Waals surface area contributed by atoms with E-state index in [1.165, 1.54) is 0 Å². The predicted octanol–water partition coefficient (Wildman–Crippen LogP) is 1.20. The third kappa shape index (κ3) is 4.42. The van der Waals surface area contributed by atoms with Crippen LogP contribution in [0.25, 0.3) is 0 Å². The third-order valence-electron chi connectivity index (χ3n) is 1.82. The molecule has 0 spiro atoms. The van der Waals surface area contributed by atoms with Gasteiger partial charge in [0.2, 0.25) is 5.28 Å². The highest BCUT2D eigenvalue weighted by atomic mass is 35.5. The molecule has 1 N–H and O–H groups in total. The number of nitrogens with one attached hydrogen (secondary N) is 1. The van der Waals surface area contributed by atoms with Crippen molar-refractivity contribution in [3.8, 4) is 0 Å². The molecule has 6 heteroatoms. The van der Waals surface area contributed by atoms with E-state index in [2.05, 4.69) is 15.3 Å². The molecule has 0 saturated heterocycles. The Hall–Kier alpha value is -0.910. The van der Waals surface area contributed by atoms with Crippen LogP contribution in [0.4, 0.5) is 5.82 Å². The van der Waals surface area contributed by atoms with Crippen LogP contribution in [-0.4, -0.2) is 43.4 Å². The van der Waals surface area contributed by atoms with Crippen molar-refractivity contribution in [3.63, 3.8) is 0 Å². The third-order valence-corrected chi connectivity index (χ3v) is 2.01. The van der Waals surface area contributed by atoms with E-state index in [0.29, 0.717) is 19.0 Å². The van der Waals surface area contributed by atoms with Crippen molar-refractivity contribution in [1.82, 2.24) is 9.97 Å². The first-order valence-electron chi connectivity index (χ1n) is 4.50. The zero-order chi connectivity index (χ0) is 11.1. The molecule has 0 radical (unpaired) electrons. The van der Waals surface area contributed by atoms with Gasteiger partial charge in [0.15, 0.2) is 0 Å². The number of aromatic nitrogens is 2. The molecule has 5 nitrogen and oxygen atoms in total. The molecule has 0 fully saturated rings. The van der Waals surface area contributed by atoms with Gasteiger partial charge < -0.3 is 14.8 Å². The number of hydrogen-bond acceptors (Lipinski definition) is 5. The number of rotatable bonds is 6. The smallest absolute Gasteiger partial charge is 0.224 e. The van der Waals surface area contributed by atoms with Crippen molar-refractivity contribution in [2.75, 3.05) is 32.7 Å². The van der Waals surface area contributed by atoms with Gasteiger partial charge in [-0.15, -0.1) is 0 Å². The summed E-state index contributed by atoms with van der Waals surface area (Å²) in [4.78, 5) is 7.77. The topological polar surface area (TPSA) is 56.3 Å². The van der Waals surface area contributed by atoms with Gasteiger partial charge in [0.1, 0.15) is 5.82 Å². The van der Waals surface area contributed by atoms with Gasteiger partial charge >= 0.3 is 0 Å². The zero-order valence-electron chi connectivity index (χ0n) is 8.74. The average Bonchev–Trinajstić information content (AvgIpc) is 2.24. The Bertz CT molecular complexity index is 298. The molecule has 1 rings (SSSR count). The molecule has 0 aliphatic carbocycles. The highest BCUT2D eigenvalue weighted by Gasteiger charge is 2.06. The number of hydrogen-bond donors (Lipinski definition) is 1. The molecule has 15 heavy (non-hydrogen) atoms. The molecule has 1 aromatic rings. The second kappa shape index (κ2) is 6.55. The number of methoxy groups -OCH3 is 2. The summed E-state index contributed by atoms with van der Waals surface area (Å²) in [6, 6.07) is 1.74. The molecular weight excluding hydrogens is 218 g/mol. The molecule has 0 amide bonds. The molecule has 1 atom stereocenters. The molecular formula is C9H14ClN3O2. The first kappa shape index (κ1) is 12.2. The van der Waals surface area contributed by atoms with Crippen molar-refractivity contribution in [1.29, 1.82) is 0 Å². The van der Waals surface area contributed by atoms with E-state index in [0.717, 1.165) is 0 Å². The quantitative estimate of drug-likeness (QED) is 0.746. The number of nitrogens with zero attached hydrogens (tertiary/aromatic N) is 2. The van der Waals surface area contributed by atoms with Crippen LogP contribution in [0, 0.1) is 0 Å². The van der Waals surface area contributed by atoms with Crippen molar-refractivity contribution < 1.29 is 9.47 Å². The van der Waals surface area contributed by atoms with Gasteiger partial charge in [-0.2, -0.15) is 0 Å². The normalized spacial score (nSPS) is 12.5. The van der Waals surface area contributed by atoms with E-state index in [1.807, 2.05) is 0 Å². The van der Waals surface area contributed by atoms with E-state index in [1.54, 1.807) is 26.5 Å². The summed E-state index contributed by atoms with van der Waals surface area (Å²) < 4.78 is 10.2. The molecule has 0 aliphatic heterocycles. The maximum absolute atomic E-state index is 5.64. The first-order chi connectivity index (χ1) is 7.26. The second-order valence-electron chi connectivity index (χ2n) is 2.90. The molecule has 84 valence electrons. The van der Waals surface area contributed by atoms with E-state index in [-0.39, 0.29) is 11.4 Å². The average molecular weight is 232 g/mol. The van der Waals surface area contributed by atoms with Crippen molar-refractivity contribution >= 4 is 17.4 Å². The maximum Gasteiger partial charge on any atom is 0.224 e. The Morgan fingerprint density at radius 3 is 2.93 bits per heavy atom. The van der Waals surface area contributed by atoms with Gasteiger partial charge in [0, 0.05) is 27.0 Å². The fourth-order valence-electron chi connectivity index (χ4n) is 1.05. The van der Waals surface area contributed by atoms with Crippen LogP contribution in [0.5, 0.6) is 0 Å². The lowest BCUT2D eigenvalue weighted by atomic mass is 10.3. The first-order valence-corrected chi connectivity index (χ1v) is 4.88.